The second-order valence-corrected chi connectivity index (χ2v) is 7.09. The van der Waals surface area contributed by atoms with E-state index in [4.69, 9.17) is 15.6 Å². The molecular weight excluding hydrogens is 340 g/mol. The topological polar surface area (TPSA) is 73.4 Å². The highest BCUT2D eigenvalue weighted by Gasteiger charge is 2.24. The summed E-state index contributed by atoms with van der Waals surface area (Å²) in [5, 5.41) is 0. The highest BCUT2D eigenvalue weighted by Crippen LogP contribution is 2.35. The molecule has 0 unspecified atom stereocenters. The quantitative estimate of drug-likeness (QED) is 0.453. The molecule has 0 saturated heterocycles. The van der Waals surface area contributed by atoms with Gasteiger partial charge in [0, 0.05) is 19.0 Å². The van der Waals surface area contributed by atoms with Crippen LogP contribution in [0.5, 0.6) is 0 Å². The van der Waals surface area contributed by atoms with Gasteiger partial charge in [-0.3, -0.25) is 0 Å². The molecule has 6 nitrogen and oxygen atoms in total. The maximum Gasteiger partial charge on any atom is 0.340 e. The van der Waals surface area contributed by atoms with E-state index in [1.807, 2.05) is 12.1 Å². The van der Waals surface area contributed by atoms with Gasteiger partial charge in [0.05, 0.1) is 22.3 Å². The Bertz CT molecular complexity index is 817. The molecule has 1 heterocycles. The smallest absolute Gasteiger partial charge is 0.340 e. The summed E-state index contributed by atoms with van der Waals surface area (Å²) in [6, 6.07) is 3.80. The van der Waals surface area contributed by atoms with E-state index in [9.17, 15) is 4.79 Å². The highest BCUT2D eigenvalue weighted by atomic mass is 16.5. The molecule has 27 heavy (non-hydrogen) atoms. The van der Waals surface area contributed by atoms with Gasteiger partial charge in [-0.2, -0.15) is 0 Å². The molecule has 0 atom stereocenters. The number of nitrogen functional groups attached to an aromatic ring is 1. The predicted octanol–water partition coefficient (Wildman–Crippen LogP) is 3.99. The molecule has 1 aromatic carbocycles. The first-order valence-electron chi connectivity index (χ1n) is 9.95. The number of carbonyl (C=O) groups is 1. The summed E-state index contributed by atoms with van der Waals surface area (Å²) in [5.74, 6) is 7.39. The Hall–Kier alpha value is -2.50. The number of esters is 1. The van der Waals surface area contributed by atoms with E-state index >= 15 is 0 Å². The summed E-state index contributed by atoms with van der Waals surface area (Å²) in [4.78, 5) is 19.6. The number of nitrogens with zero attached hydrogens (tertiary/aromatic N) is 3. The minimum atomic E-state index is -0.357. The lowest BCUT2D eigenvalue weighted by atomic mass is 9.89. The van der Waals surface area contributed by atoms with E-state index in [-0.39, 0.29) is 12.6 Å². The number of imidazole rings is 1. The van der Waals surface area contributed by atoms with Crippen LogP contribution in [0.3, 0.4) is 0 Å². The van der Waals surface area contributed by atoms with Crippen LogP contribution in [0.4, 0.5) is 5.69 Å². The minimum Gasteiger partial charge on any atom is -0.458 e. The van der Waals surface area contributed by atoms with Crippen LogP contribution in [0, 0.1) is 0 Å². The zero-order valence-corrected chi connectivity index (χ0v) is 16.4. The van der Waals surface area contributed by atoms with Crippen LogP contribution in [0.1, 0.15) is 68.1 Å². The summed E-state index contributed by atoms with van der Waals surface area (Å²) in [6.45, 7) is 9.52. The second-order valence-electron chi connectivity index (χ2n) is 7.09. The fourth-order valence-corrected chi connectivity index (χ4v) is 4.00. The van der Waals surface area contributed by atoms with Crippen molar-refractivity contribution in [3.8, 4) is 0 Å². The SMILES string of the molecule is C=CCOC(=O)c1cc2nc(C3CCCCC3)n(N)c2cc1N(CC)CC. The summed E-state index contributed by atoms with van der Waals surface area (Å²) in [5.41, 5.74) is 2.97. The second kappa shape index (κ2) is 8.46. The molecule has 3 rings (SSSR count). The molecule has 6 heteroatoms. The van der Waals surface area contributed by atoms with Crippen molar-refractivity contribution in [2.45, 2.75) is 51.9 Å². The summed E-state index contributed by atoms with van der Waals surface area (Å²) in [7, 11) is 0. The lowest BCUT2D eigenvalue weighted by Gasteiger charge is -2.23. The zero-order valence-electron chi connectivity index (χ0n) is 16.4. The van der Waals surface area contributed by atoms with Crippen LogP contribution < -0.4 is 10.7 Å². The van der Waals surface area contributed by atoms with Crippen LogP contribution in [0.25, 0.3) is 11.0 Å². The number of aromatic nitrogens is 2. The molecule has 1 aliphatic rings. The highest BCUT2D eigenvalue weighted by molar-refractivity contribution is 6.00. The van der Waals surface area contributed by atoms with Gasteiger partial charge in [0.15, 0.2) is 0 Å². The molecular formula is C21H30N4O2. The van der Waals surface area contributed by atoms with Gasteiger partial charge >= 0.3 is 5.97 Å². The Morgan fingerprint density at radius 2 is 2.04 bits per heavy atom. The van der Waals surface area contributed by atoms with Crippen molar-refractivity contribution in [1.29, 1.82) is 0 Å². The van der Waals surface area contributed by atoms with Gasteiger partial charge in [0.25, 0.3) is 0 Å². The summed E-state index contributed by atoms with van der Waals surface area (Å²) >= 11 is 0. The third kappa shape index (κ3) is 3.80. The van der Waals surface area contributed by atoms with E-state index in [2.05, 4.69) is 25.3 Å². The fraction of sp³-hybridized carbons (Fsp3) is 0.524. The maximum atomic E-state index is 12.6. The number of fused-ring (bicyclic) bond motifs is 1. The van der Waals surface area contributed by atoms with Crippen LogP contribution in [-0.4, -0.2) is 35.3 Å². The molecule has 0 bridgehead atoms. The number of hydrogen-bond acceptors (Lipinski definition) is 5. The van der Waals surface area contributed by atoms with E-state index in [0.29, 0.717) is 11.5 Å². The Balaban J connectivity index is 2.10. The van der Waals surface area contributed by atoms with Gasteiger partial charge in [0.1, 0.15) is 12.4 Å². The molecule has 1 fully saturated rings. The van der Waals surface area contributed by atoms with E-state index in [1.54, 1.807) is 10.8 Å². The average molecular weight is 370 g/mol. The third-order valence-electron chi connectivity index (χ3n) is 5.46. The van der Waals surface area contributed by atoms with Crippen molar-refractivity contribution in [2.75, 3.05) is 30.4 Å². The minimum absolute atomic E-state index is 0.188. The summed E-state index contributed by atoms with van der Waals surface area (Å²) < 4.78 is 7.03. The Morgan fingerprint density at radius 3 is 2.67 bits per heavy atom. The average Bonchev–Trinajstić information content (AvgIpc) is 3.03. The summed E-state index contributed by atoms with van der Waals surface area (Å²) in [6.07, 6.45) is 7.54. The van der Waals surface area contributed by atoms with Crippen molar-refractivity contribution in [2.24, 2.45) is 0 Å². The Kier molecular flexibility index (Phi) is 6.04. The molecule has 2 N–H and O–H groups in total. The van der Waals surface area contributed by atoms with Crippen LogP contribution >= 0.6 is 0 Å². The van der Waals surface area contributed by atoms with Gasteiger partial charge in [0.2, 0.25) is 0 Å². The van der Waals surface area contributed by atoms with Gasteiger partial charge in [-0.1, -0.05) is 31.9 Å². The predicted molar refractivity (Wildman–Crippen MR) is 110 cm³/mol. The normalized spacial score (nSPS) is 15.0. The number of benzene rings is 1. The molecule has 0 radical (unpaired) electrons. The number of anilines is 1. The molecule has 0 aliphatic heterocycles. The number of rotatable bonds is 7. The van der Waals surface area contributed by atoms with E-state index in [0.717, 1.165) is 48.5 Å². The van der Waals surface area contributed by atoms with Gasteiger partial charge in [-0.15, -0.1) is 0 Å². The van der Waals surface area contributed by atoms with Gasteiger partial charge in [-0.05, 0) is 38.8 Å². The first-order valence-corrected chi connectivity index (χ1v) is 9.95. The Labute approximate surface area is 161 Å². The third-order valence-corrected chi connectivity index (χ3v) is 5.46. The monoisotopic (exact) mass is 370 g/mol. The first-order chi connectivity index (χ1) is 13.1. The van der Waals surface area contributed by atoms with Crippen molar-refractivity contribution in [1.82, 2.24) is 9.66 Å². The maximum absolute atomic E-state index is 12.6. The van der Waals surface area contributed by atoms with E-state index in [1.165, 1.54) is 19.3 Å². The molecule has 0 amide bonds. The number of ether oxygens (including phenoxy) is 1. The molecule has 0 spiro atoms. The van der Waals surface area contributed by atoms with Crippen LogP contribution in [0.15, 0.2) is 24.8 Å². The number of carbonyl (C=O) groups excluding carboxylic acids is 1. The molecule has 146 valence electrons. The van der Waals surface area contributed by atoms with Crippen molar-refractivity contribution in [3.05, 3.63) is 36.2 Å². The van der Waals surface area contributed by atoms with Gasteiger partial charge in [-0.25, -0.2) is 14.5 Å². The lowest BCUT2D eigenvalue weighted by Crippen LogP contribution is -2.25. The standard InChI is InChI=1S/C21H30N4O2/c1-4-12-27-21(26)16-13-17-19(14-18(16)24(5-2)6-3)25(22)20(23-17)15-10-8-7-9-11-15/h4,13-15H,1,5-12,22H2,2-3H3. The van der Waals surface area contributed by atoms with Crippen molar-refractivity contribution < 1.29 is 9.53 Å². The van der Waals surface area contributed by atoms with Gasteiger partial charge < -0.3 is 15.5 Å². The molecule has 1 aromatic heterocycles. The molecule has 1 aliphatic carbocycles. The Morgan fingerprint density at radius 1 is 1.33 bits per heavy atom. The largest absolute Gasteiger partial charge is 0.458 e. The number of hydrogen-bond donors (Lipinski definition) is 1. The van der Waals surface area contributed by atoms with Crippen molar-refractivity contribution >= 4 is 22.7 Å². The van der Waals surface area contributed by atoms with E-state index < -0.39 is 0 Å². The van der Waals surface area contributed by atoms with Crippen molar-refractivity contribution in [3.63, 3.8) is 0 Å². The van der Waals surface area contributed by atoms with Crippen LogP contribution in [0.2, 0.25) is 0 Å². The van der Waals surface area contributed by atoms with Crippen LogP contribution in [-0.2, 0) is 4.74 Å². The zero-order chi connectivity index (χ0) is 19.4. The fourth-order valence-electron chi connectivity index (χ4n) is 4.00. The lowest BCUT2D eigenvalue weighted by molar-refractivity contribution is 0.0550. The first kappa shape index (κ1) is 19.3. The molecule has 1 saturated carbocycles. The number of nitrogens with two attached hydrogens (primary N) is 1. The molecule has 2 aromatic rings.